The Bertz CT molecular complexity index is 169. The van der Waals surface area contributed by atoms with Crippen LogP contribution in [0.1, 0.15) is 46.5 Å². The average molecular weight is 184 g/mol. The molecule has 0 radical (unpaired) electrons. The fraction of sp³-hybridized carbons (Fsp3) is 0.818. The molecule has 1 saturated carbocycles. The Morgan fingerprint density at radius 3 is 2.25 bits per heavy atom. The number of thiol groups is 1. The number of hydrogen-bond acceptors (Lipinski definition) is 1. The summed E-state index contributed by atoms with van der Waals surface area (Å²) in [5, 5.41) is 0. The van der Waals surface area contributed by atoms with E-state index in [4.69, 9.17) is 0 Å². The van der Waals surface area contributed by atoms with E-state index in [9.17, 15) is 0 Å². The molecule has 1 aliphatic rings. The van der Waals surface area contributed by atoms with Crippen molar-refractivity contribution >= 4 is 12.6 Å². The minimum atomic E-state index is 0.791. The van der Waals surface area contributed by atoms with Crippen LogP contribution >= 0.6 is 12.6 Å². The highest BCUT2D eigenvalue weighted by molar-refractivity contribution is 7.84. The molecular weight excluding hydrogens is 164 g/mol. The fourth-order valence-electron chi connectivity index (χ4n) is 2.25. The van der Waals surface area contributed by atoms with Crippen molar-refractivity contribution in [3.63, 3.8) is 0 Å². The standard InChI is InChI=1S/C11H20S/c1-4-5-10(12)11-8(2)6-7-9(11)3/h8-9,12H,4-7H2,1-3H3. The van der Waals surface area contributed by atoms with E-state index >= 15 is 0 Å². The van der Waals surface area contributed by atoms with Gasteiger partial charge in [0.1, 0.15) is 0 Å². The molecule has 0 amide bonds. The van der Waals surface area contributed by atoms with E-state index in [-0.39, 0.29) is 0 Å². The summed E-state index contributed by atoms with van der Waals surface area (Å²) in [5.74, 6) is 1.58. The maximum Gasteiger partial charge on any atom is -0.0187 e. The van der Waals surface area contributed by atoms with Crippen LogP contribution in [0.5, 0.6) is 0 Å². The van der Waals surface area contributed by atoms with Gasteiger partial charge < -0.3 is 0 Å². The summed E-state index contributed by atoms with van der Waals surface area (Å²) in [6.07, 6.45) is 5.13. The molecule has 0 saturated heterocycles. The zero-order valence-electron chi connectivity index (χ0n) is 8.43. The van der Waals surface area contributed by atoms with Gasteiger partial charge in [-0.3, -0.25) is 0 Å². The third kappa shape index (κ3) is 2.07. The van der Waals surface area contributed by atoms with E-state index in [0.29, 0.717) is 0 Å². The first-order valence-electron chi connectivity index (χ1n) is 5.08. The van der Waals surface area contributed by atoms with Gasteiger partial charge in [0.15, 0.2) is 0 Å². The lowest BCUT2D eigenvalue weighted by molar-refractivity contribution is 0.677. The Morgan fingerprint density at radius 2 is 1.83 bits per heavy atom. The highest BCUT2D eigenvalue weighted by Crippen LogP contribution is 2.39. The normalized spacial score (nSPS) is 29.5. The molecule has 0 nitrogen and oxygen atoms in total. The summed E-state index contributed by atoms with van der Waals surface area (Å²) in [4.78, 5) is 1.37. The van der Waals surface area contributed by atoms with Crippen LogP contribution in [0, 0.1) is 11.8 Å². The molecule has 1 heteroatoms. The van der Waals surface area contributed by atoms with Gasteiger partial charge in [-0.05, 0) is 36.0 Å². The van der Waals surface area contributed by atoms with Crippen molar-refractivity contribution in [2.24, 2.45) is 11.8 Å². The van der Waals surface area contributed by atoms with Gasteiger partial charge in [0.2, 0.25) is 0 Å². The maximum absolute atomic E-state index is 4.60. The predicted octanol–water partition coefficient (Wildman–Crippen LogP) is 4.04. The van der Waals surface area contributed by atoms with Crippen LogP contribution in [0.2, 0.25) is 0 Å². The third-order valence-corrected chi connectivity index (χ3v) is 3.40. The molecule has 1 rings (SSSR count). The van der Waals surface area contributed by atoms with Gasteiger partial charge in [-0.15, -0.1) is 12.6 Å². The van der Waals surface area contributed by atoms with Crippen LogP contribution in [0.3, 0.4) is 0 Å². The van der Waals surface area contributed by atoms with Crippen LogP contribution in [0.4, 0.5) is 0 Å². The monoisotopic (exact) mass is 184 g/mol. The summed E-state index contributed by atoms with van der Waals surface area (Å²) >= 11 is 4.60. The van der Waals surface area contributed by atoms with Gasteiger partial charge >= 0.3 is 0 Å². The first-order chi connectivity index (χ1) is 5.66. The smallest absolute Gasteiger partial charge is 0.0187 e. The minimum Gasteiger partial charge on any atom is -0.148 e. The summed E-state index contributed by atoms with van der Waals surface area (Å²) in [6, 6.07) is 0. The zero-order valence-corrected chi connectivity index (χ0v) is 9.32. The van der Waals surface area contributed by atoms with Gasteiger partial charge in [0.05, 0.1) is 0 Å². The van der Waals surface area contributed by atoms with Gasteiger partial charge in [-0.25, -0.2) is 0 Å². The molecule has 1 aliphatic carbocycles. The Balaban J connectivity index is 2.75. The average Bonchev–Trinajstić information content (AvgIpc) is 2.32. The van der Waals surface area contributed by atoms with Gasteiger partial charge in [0.25, 0.3) is 0 Å². The van der Waals surface area contributed by atoms with E-state index in [2.05, 4.69) is 33.4 Å². The first kappa shape index (κ1) is 10.2. The van der Waals surface area contributed by atoms with Crippen molar-refractivity contribution < 1.29 is 0 Å². The van der Waals surface area contributed by atoms with Crippen molar-refractivity contribution in [1.82, 2.24) is 0 Å². The van der Waals surface area contributed by atoms with Crippen LogP contribution in [0.15, 0.2) is 10.5 Å². The molecule has 0 bridgehead atoms. The van der Waals surface area contributed by atoms with Crippen molar-refractivity contribution in [3.8, 4) is 0 Å². The minimum absolute atomic E-state index is 0.791. The molecule has 12 heavy (non-hydrogen) atoms. The predicted molar refractivity (Wildman–Crippen MR) is 58.5 cm³/mol. The molecule has 0 aromatic heterocycles. The SMILES string of the molecule is CCCC(S)=C1C(C)CCC1C. The second-order valence-electron chi connectivity index (χ2n) is 4.03. The molecule has 1 fully saturated rings. The van der Waals surface area contributed by atoms with Crippen LogP contribution in [-0.4, -0.2) is 0 Å². The molecule has 0 spiro atoms. The Labute approximate surface area is 81.8 Å². The molecule has 0 aliphatic heterocycles. The highest BCUT2D eigenvalue weighted by atomic mass is 32.1. The summed E-state index contributed by atoms with van der Waals surface area (Å²) in [7, 11) is 0. The lowest BCUT2D eigenvalue weighted by Gasteiger charge is -2.13. The van der Waals surface area contributed by atoms with Crippen LogP contribution in [-0.2, 0) is 0 Å². The van der Waals surface area contributed by atoms with E-state index in [1.54, 1.807) is 5.57 Å². The van der Waals surface area contributed by atoms with Crippen molar-refractivity contribution in [3.05, 3.63) is 10.5 Å². The molecule has 2 unspecified atom stereocenters. The second-order valence-corrected chi connectivity index (χ2v) is 4.57. The topological polar surface area (TPSA) is 0 Å². The van der Waals surface area contributed by atoms with Crippen molar-refractivity contribution in [2.75, 3.05) is 0 Å². The van der Waals surface area contributed by atoms with Gasteiger partial charge in [-0.2, -0.15) is 0 Å². The van der Waals surface area contributed by atoms with E-state index in [1.165, 1.54) is 30.6 Å². The molecule has 0 aromatic carbocycles. The molecular formula is C11H20S. The zero-order chi connectivity index (χ0) is 9.14. The number of rotatable bonds is 2. The van der Waals surface area contributed by atoms with Crippen molar-refractivity contribution in [1.29, 1.82) is 0 Å². The second kappa shape index (κ2) is 4.36. The lowest BCUT2D eigenvalue weighted by Crippen LogP contribution is -1.98. The van der Waals surface area contributed by atoms with Gasteiger partial charge in [0, 0.05) is 0 Å². The fourth-order valence-corrected chi connectivity index (χ4v) is 2.91. The molecule has 0 aromatic rings. The summed E-state index contributed by atoms with van der Waals surface area (Å²) in [6.45, 7) is 6.90. The van der Waals surface area contributed by atoms with Gasteiger partial charge in [-0.1, -0.05) is 32.8 Å². The first-order valence-corrected chi connectivity index (χ1v) is 5.53. The lowest BCUT2D eigenvalue weighted by atomic mass is 9.98. The third-order valence-electron chi connectivity index (χ3n) is 2.91. The largest absolute Gasteiger partial charge is 0.148 e. The van der Waals surface area contributed by atoms with Crippen LogP contribution < -0.4 is 0 Å². The molecule has 0 heterocycles. The Kier molecular flexibility index (Phi) is 3.70. The van der Waals surface area contributed by atoms with E-state index in [0.717, 1.165) is 11.8 Å². The number of hydrogen-bond donors (Lipinski definition) is 1. The number of allylic oxidation sites excluding steroid dienone is 2. The molecule has 2 atom stereocenters. The van der Waals surface area contributed by atoms with Crippen molar-refractivity contribution in [2.45, 2.75) is 46.5 Å². The maximum atomic E-state index is 4.60. The van der Waals surface area contributed by atoms with E-state index in [1.807, 2.05) is 0 Å². The quantitative estimate of drug-likeness (QED) is 0.615. The van der Waals surface area contributed by atoms with E-state index < -0.39 is 0 Å². The molecule has 70 valence electrons. The summed E-state index contributed by atoms with van der Waals surface area (Å²) in [5.41, 5.74) is 1.64. The Morgan fingerprint density at radius 1 is 1.33 bits per heavy atom. The molecule has 0 N–H and O–H groups in total. The van der Waals surface area contributed by atoms with Crippen LogP contribution in [0.25, 0.3) is 0 Å². The highest BCUT2D eigenvalue weighted by Gasteiger charge is 2.25. The Hall–Kier alpha value is 0.0900. The summed E-state index contributed by atoms with van der Waals surface area (Å²) < 4.78 is 0.